The van der Waals surface area contributed by atoms with Crippen molar-refractivity contribution in [2.45, 2.75) is 32.4 Å². The molecule has 9 heteroatoms. The number of carbonyl (C=O) groups is 1. The maximum atomic E-state index is 12.1. The van der Waals surface area contributed by atoms with Gasteiger partial charge < -0.3 is 25.4 Å². The van der Waals surface area contributed by atoms with Crippen LogP contribution in [0, 0.1) is 0 Å². The van der Waals surface area contributed by atoms with Crippen LogP contribution in [-0.2, 0) is 6.54 Å². The number of aromatic nitrogens is 3. The van der Waals surface area contributed by atoms with E-state index in [0.717, 1.165) is 0 Å². The first-order valence-electron chi connectivity index (χ1n) is 7.59. The maximum Gasteiger partial charge on any atom is 0.253 e. The Labute approximate surface area is 139 Å². The van der Waals surface area contributed by atoms with Crippen molar-refractivity contribution in [3.63, 3.8) is 0 Å². The molecule has 2 aromatic rings. The largest absolute Gasteiger partial charge is 0.394 e. The lowest BCUT2D eigenvalue weighted by atomic mass is 10.2. The van der Waals surface area contributed by atoms with E-state index in [4.69, 9.17) is 9.63 Å². The van der Waals surface area contributed by atoms with Crippen molar-refractivity contribution in [1.29, 1.82) is 0 Å². The highest BCUT2D eigenvalue weighted by Crippen LogP contribution is 2.11. The fraction of sp³-hybridized carbons (Fsp3) is 0.467. The lowest BCUT2D eigenvalue weighted by Gasteiger charge is -2.09. The topological polar surface area (TPSA) is 133 Å². The molecule has 130 valence electrons. The summed E-state index contributed by atoms with van der Waals surface area (Å²) in [6.45, 7) is 3.89. The molecule has 0 aliphatic heterocycles. The molecule has 4 N–H and O–H groups in total. The fourth-order valence-corrected chi connectivity index (χ4v) is 1.75. The van der Waals surface area contributed by atoms with Gasteiger partial charge in [0.25, 0.3) is 5.91 Å². The molecule has 0 spiro atoms. The molecule has 0 fully saturated rings. The van der Waals surface area contributed by atoms with Crippen LogP contribution < -0.4 is 10.6 Å². The van der Waals surface area contributed by atoms with Crippen LogP contribution in [0.4, 0.5) is 5.82 Å². The van der Waals surface area contributed by atoms with E-state index in [2.05, 4.69) is 25.8 Å². The molecule has 0 aliphatic rings. The summed E-state index contributed by atoms with van der Waals surface area (Å²) in [6.07, 6.45) is 0.555. The number of rotatable bonds is 8. The van der Waals surface area contributed by atoms with E-state index in [1.165, 1.54) is 6.20 Å². The molecule has 0 saturated carbocycles. The molecule has 2 rings (SSSR count). The molecular formula is C15H21N5O4. The average molecular weight is 335 g/mol. The second-order valence-corrected chi connectivity index (χ2v) is 5.54. The summed E-state index contributed by atoms with van der Waals surface area (Å²) in [5.41, 5.74) is 0.385. The maximum absolute atomic E-state index is 12.1. The zero-order valence-electron chi connectivity index (χ0n) is 13.6. The zero-order chi connectivity index (χ0) is 17.5. The predicted molar refractivity (Wildman–Crippen MR) is 85.4 cm³/mol. The van der Waals surface area contributed by atoms with Gasteiger partial charge in [0.15, 0.2) is 5.82 Å². The van der Waals surface area contributed by atoms with Crippen LogP contribution in [0.25, 0.3) is 0 Å². The van der Waals surface area contributed by atoms with Crippen molar-refractivity contribution in [3.8, 4) is 0 Å². The van der Waals surface area contributed by atoms with Crippen LogP contribution in [0.5, 0.6) is 0 Å². The Bertz CT molecular complexity index is 656. The second-order valence-electron chi connectivity index (χ2n) is 5.54. The van der Waals surface area contributed by atoms with Gasteiger partial charge in [-0.1, -0.05) is 19.0 Å². The van der Waals surface area contributed by atoms with Crippen molar-refractivity contribution in [3.05, 3.63) is 35.6 Å². The van der Waals surface area contributed by atoms with E-state index in [1.807, 2.05) is 13.8 Å². The number of aliphatic hydroxyl groups is 2. The smallest absolute Gasteiger partial charge is 0.253 e. The number of pyridine rings is 1. The van der Waals surface area contributed by atoms with E-state index in [1.54, 1.807) is 12.1 Å². The Morgan fingerprint density at radius 2 is 2.17 bits per heavy atom. The van der Waals surface area contributed by atoms with Gasteiger partial charge in [0.05, 0.1) is 24.8 Å². The van der Waals surface area contributed by atoms with Gasteiger partial charge in [0.2, 0.25) is 5.89 Å². The molecule has 0 aromatic carbocycles. The summed E-state index contributed by atoms with van der Waals surface area (Å²) in [5, 5.41) is 27.3. The summed E-state index contributed by atoms with van der Waals surface area (Å²) in [5.74, 6) is 1.27. The SMILES string of the molecule is CC(C)c1nc(CNC(=O)c2ccc(NC[C@H](O)CO)nc2)no1. The lowest BCUT2D eigenvalue weighted by Crippen LogP contribution is -2.24. The number of hydrogen-bond donors (Lipinski definition) is 4. The molecule has 0 unspecified atom stereocenters. The number of hydrogen-bond acceptors (Lipinski definition) is 8. The van der Waals surface area contributed by atoms with Gasteiger partial charge >= 0.3 is 0 Å². The van der Waals surface area contributed by atoms with Gasteiger partial charge in [-0.15, -0.1) is 0 Å². The summed E-state index contributed by atoms with van der Waals surface area (Å²) < 4.78 is 5.06. The Hall–Kier alpha value is -2.52. The Morgan fingerprint density at radius 3 is 2.75 bits per heavy atom. The van der Waals surface area contributed by atoms with Crippen LogP contribution >= 0.6 is 0 Å². The minimum atomic E-state index is -0.861. The van der Waals surface area contributed by atoms with Crippen molar-refractivity contribution in [2.75, 3.05) is 18.5 Å². The number of nitrogens with zero attached hydrogens (tertiary/aromatic N) is 3. The third kappa shape index (κ3) is 5.00. The number of nitrogens with one attached hydrogen (secondary N) is 2. The molecule has 2 heterocycles. The lowest BCUT2D eigenvalue weighted by molar-refractivity contribution is 0.0949. The Kier molecular flexibility index (Phi) is 6.21. The van der Waals surface area contributed by atoms with Crippen LogP contribution in [0.3, 0.4) is 0 Å². The van der Waals surface area contributed by atoms with Crippen LogP contribution in [0.1, 0.15) is 41.8 Å². The van der Waals surface area contributed by atoms with E-state index >= 15 is 0 Å². The first kappa shape index (κ1) is 17.8. The van der Waals surface area contributed by atoms with Gasteiger partial charge in [-0.2, -0.15) is 4.98 Å². The van der Waals surface area contributed by atoms with E-state index in [-0.39, 0.29) is 31.5 Å². The van der Waals surface area contributed by atoms with Crippen molar-refractivity contribution in [1.82, 2.24) is 20.4 Å². The predicted octanol–water partition coefficient (Wildman–Crippen LogP) is 0.283. The van der Waals surface area contributed by atoms with E-state index in [0.29, 0.717) is 23.1 Å². The third-order valence-electron chi connectivity index (χ3n) is 3.14. The van der Waals surface area contributed by atoms with Crippen LogP contribution in [-0.4, -0.2) is 50.5 Å². The molecule has 0 saturated heterocycles. The molecule has 1 atom stereocenters. The zero-order valence-corrected chi connectivity index (χ0v) is 13.6. The Morgan fingerprint density at radius 1 is 1.38 bits per heavy atom. The third-order valence-corrected chi connectivity index (χ3v) is 3.14. The summed E-state index contributed by atoms with van der Waals surface area (Å²) in [6, 6.07) is 3.22. The molecule has 2 aromatic heterocycles. The van der Waals surface area contributed by atoms with Gasteiger partial charge in [0.1, 0.15) is 5.82 Å². The highest BCUT2D eigenvalue weighted by atomic mass is 16.5. The normalized spacial score (nSPS) is 12.2. The van der Waals surface area contributed by atoms with Gasteiger partial charge in [0, 0.05) is 18.7 Å². The van der Waals surface area contributed by atoms with Gasteiger partial charge in [-0.05, 0) is 12.1 Å². The molecular weight excluding hydrogens is 314 g/mol. The van der Waals surface area contributed by atoms with Gasteiger partial charge in [-0.25, -0.2) is 4.98 Å². The van der Waals surface area contributed by atoms with Crippen LogP contribution in [0.2, 0.25) is 0 Å². The van der Waals surface area contributed by atoms with Crippen molar-refractivity contribution < 1.29 is 19.5 Å². The minimum absolute atomic E-state index is 0.135. The first-order valence-corrected chi connectivity index (χ1v) is 7.59. The standard InChI is InChI=1S/C15H21N5O4/c1-9(2)15-19-13(20-24-15)7-18-14(23)10-3-4-12(16-5-10)17-6-11(22)8-21/h3-5,9,11,21-22H,6-8H2,1-2H3,(H,16,17)(H,18,23)/t11-/m0/s1. The molecule has 24 heavy (non-hydrogen) atoms. The molecule has 0 radical (unpaired) electrons. The van der Waals surface area contributed by atoms with Crippen molar-refractivity contribution in [2.24, 2.45) is 0 Å². The van der Waals surface area contributed by atoms with E-state index < -0.39 is 6.10 Å². The number of anilines is 1. The summed E-state index contributed by atoms with van der Waals surface area (Å²) in [7, 11) is 0. The van der Waals surface area contributed by atoms with Gasteiger partial charge in [-0.3, -0.25) is 4.79 Å². The fourth-order valence-electron chi connectivity index (χ4n) is 1.75. The highest BCUT2D eigenvalue weighted by molar-refractivity contribution is 5.93. The second kappa shape index (κ2) is 8.37. The molecule has 0 aliphatic carbocycles. The summed E-state index contributed by atoms with van der Waals surface area (Å²) >= 11 is 0. The molecule has 1 amide bonds. The van der Waals surface area contributed by atoms with E-state index in [9.17, 15) is 9.90 Å². The molecule has 9 nitrogen and oxygen atoms in total. The number of aliphatic hydroxyl groups excluding tert-OH is 2. The quantitative estimate of drug-likeness (QED) is 0.541. The van der Waals surface area contributed by atoms with Crippen LogP contribution in [0.15, 0.2) is 22.9 Å². The monoisotopic (exact) mass is 335 g/mol. The first-order chi connectivity index (χ1) is 11.5. The molecule has 0 bridgehead atoms. The Balaban J connectivity index is 1.85. The summed E-state index contributed by atoms with van der Waals surface area (Å²) in [4.78, 5) is 20.3. The highest BCUT2D eigenvalue weighted by Gasteiger charge is 2.12. The number of carbonyl (C=O) groups excluding carboxylic acids is 1. The number of amides is 1. The minimum Gasteiger partial charge on any atom is -0.394 e. The van der Waals surface area contributed by atoms with Crippen molar-refractivity contribution >= 4 is 11.7 Å². The average Bonchev–Trinajstić information content (AvgIpc) is 3.07.